The Morgan fingerprint density at radius 1 is 1.11 bits per heavy atom. The molecule has 0 bridgehead atoms. The normalized spacial score (nSPS) is 23.8. The van der Waals surface area contributed by atoms with Crippen molar-refractivity contribution in [2.45, 2.75) is 63.9 Å². The lowest BCUT2D eigenvalue weighted by Crippen LogP contribution is -2.49. The maximum absolute atomic E-state index is 12.6. The van der Waals surface area contributed by atoms with E-state index in [0.717, 1.165) is 44.0 Å². The van der Waals surface area contributed by atoms with Crippen molar-refractivity contribution in [2.24, 2.45) is 5.92 Å². The standard InChI is InChI=1S/C24H36N2O2/c1-20-5-4-6-22(17-20)18-23(27)26-12-7-21(8-13-26)19-25-14-10-24(11-15-25)9-2-3-16-28-24/h4-6,17,21H,2-3,7-16,18-19H2,1H3. The Morgan fingerprint density at radius 2 is 1.89 bits per heavy atom. The van der Waals surface area contributed by atoms with Gasteiger partial charge in [0.05, 0.1) is 12.0 Å². The highest BCUT2D eigenvalue weighted by atomic mass is 16.5. The van der Waals surface area contributed by atoms with E-state index in [2.05, 4.69) is 34.9 Å². The summed E-state index contributed by atoms with van der Waals surface area (Å²) in [6.45, 7) is 8.48. The zero-order chi connectivity index (χ0) is 19.4. The summed E-state index contributed by atoms with van der Waals surface area (Å²) in [5, 5.41) is 0. The lowest BCUT2D eigenvalue weighted by molar-refractivity contribution is -0.132. The van der Waals surface area contributed by atoms with Crippen molar-refractivity contribution < 1.29 is 9.53 Å². The molecule has 3 aliphatic heterocycles. The quantitative estimate of drug-likeness (QED) is 0.791. The Hall–Kier alpha value is -1.39. The zero-order valence-electron chi connectivity index (χ0n) is 17.5. The molecule has 28 heavy (non-hydrogen) atoms. The van der Waals surface area contributed by atoms with Crippen LogP contribution in [0.25, 0.3) is 0 Å². The average Bonchev–Trinajstić information content (AvgIpc) is 2.71. The van der Waals surface area contributed by atoms with Gasteiger partial charge in [0.1, 0.15) is 0 Å². The molecular formula is C24H36N2O2. The number of ether oxygens (including phenoxy) is 1. The first-order chi connectivity index (χ1) is 13.6. The van der Waals surface area contributed by atoms with Crippen molar-refractivity contribution in [3.8, 4) is 0 Å². The van der Waals surface area contributed by atoms with E-state index in [9.17, 15) is 4.79 Å². The summed E-state index contributed by atoms with van der Waals surface area (Å²) in [7, 11) is 0. The number of piperidine rings is 2. The Bertz CT molecular complexity index is 650. The fourth-order valence-corrected chi connectivity index (χ4v) is 5.29. The van der Waals surface area contributed by atoms with Gasteiger partial charge in [0.15, 0.2) is 0 Å². The Balaban J connectivity index is 1.19. The SMILES string of the molecule is Cc1cccc(CC(=O)N2CCC(CN3CCC4(CCCCO4)CC3)CC2)c1. The minimum Gasteiger partial charge on any atom is -0.375 e. The number of benzene rings is 1. The van der Waals surface area contributed by atoms with E-state index in [4.69, 9.17) is 4.74 Å². The summed E-state index contributed by atoms with van der Waals surface area (Å²) >= 11 is 0. The van der Waals surface area contributed by atoms with Crippen LogP contribution in [0.5, 0.6) is 0 Å². The molecule has 0 atom stereocenters. The van der Waals surface area contributed by atoms with Crippen molar-refractivity contribution in [2.75, 3.05) is 39.3 Å². The highest BCUT2D eigenvalue weighted by Crippen LogP contribution is 2.35. The van der Waals surface area contributed by atoms with Gasteiger partial charge in [0.25, 0.3) is 0 Å². The van der Waals surface area contributed by atoms with Crippen LogP contribution in [0, 0.1) is 12.8 Å². The third-order valence-corrected chi connectivity index (χ3v) is 7.12. The molecule has 1 amide bonds. The van der Waals surface area contributed by atoms with Crippen LogP contribution in [-0.2, 0) is 16.0 Å². The lowest BCUT2D eigenvalue weighted by Gasteiger charge is -2.45. The molecule has 0 N–H and O–H groups in total. The number of carbonyl (C=O) groups is 1. The van der Waals surface area contributed by atoms with Gasteiger partial charge >= 0.3 is 0 Å². The molecule has 1 aromatic rings. The molecule has 4 nitrogen and oxygen atoms in total. The maximum Gasteiger partial charge on any atom is 0.226 e. The smallest absolute Gasteiger partial charge is 0.226 e. The average molecular weight is 385 g/mol. The molecular weight excluding hydrogens is 348 g/mol. The van der Waals surface area contributed by atoms with Gasteiger partial charge in [0, 0.05) is 39.3 Å². The number of hydrogen-bond acceptors (Lipinski definition) is 3. The van der Waals surface area contributed by atoms with Crippen LogP contribution in [0.2, 0.25) is 0 Å². The van der Waals surface area contributed by atoms with Crippen molar-refractivity contribution in [1.82, 2.24) is 9.80 Å². The van der Waals surface area contributed by atoms with E-state index in [1.54, 1.807) is 0 Å². The van der Waals surface area contributed by atoms with Crippen molar-refractivity contribution >= 4 is 5.91 Å². The predicted octanol–water partition coefficient (Wildman–Crippen LogP) is 3.81. The molecule has 4 heteroatoms. The fourth-order valence-electron chi connectivity index (χ4n) is 5.29. The van der Waals surface area contributed by atoms with Crippen LogP contribution in [0.3, 0.4) is 0 Å². The summed E-state index contributed by atoms with van der Waals surface area (Å²) in [5.41, 5.74) is 2.57. The number of amides is 1. The number of carbonyl (C=O) groups excluding carboxylic acids is 1. The summed E-state index contributed by atoms with van der Waals surface area (Å²) < 4.78 is 6.17. The molecule has 0 radical (unpaired) electrons. The first kappa shape index (κ1) is 19.9. The van der Waals surface area contributed by atoms with Gasteiger partial charge in [-0.15, -0.1) is 0 Å². The molecule has 3 fully saturated rings. The van der Waals surface area contributed by atoms with Gasteiger partial charge in [-0.2, -0.15) is 0 Å². The van der Waals surface area contributed by atoms with Gasteiger partial charge < -0.3 is 14.5 Å². The third-order valence-electron chi connectivity index (χ3n) is 7.12. The van der Waals surface area contributed by atoms with Crippen molar-refractivity contribution in [3.05, 3.63) is 35.4 Å². The molecule has 4 rings (SSSR count). The lowest BCUT2D eigenvalue weighted by atomic mass is 9.84. The van der Waals surface area contributed by atoms with Gasteiger partial charge in [-0.25, -0.2) is 0 Å². The number of aryl methyl sites for hydroxylation is 1. The molecule has 0 aromatic heterocycles. The molecule has 3 saturated heterocycles. The Labute approximate surface area is 170 Å². The minimum atomic E-state index is 0.209. The largest absolute Gasteiger partial charge is 0.375 e. The fraction of sp³-hybridized carbons (Fsp3) is 0.708. The number of likely N-dealkylation sites (tertiary alicyclic amines) is 2. The summed E-state index contributed by atoms with van der Waals surface area (Å²) in [4.78, 5) is 17.4. The molecule has 3 heterocycles. The molecule has 0 unspecified atom stereocenters. The van der Waals surface area contributed by atoms with E-state index >= 15 is 0 Å². The molecule has 0 aliphatic carbocycles. The predicted molar refractivity (Wildman–Crippen MR) is 112 cm³/mol. The number of nitrogens with zero attached hydrogens (tertiary/aromatic N) is 2. The van der Waals surface area contributed by atoms with E-state index in [1.807, 2.05) is 6.07 Å². The van der Waals surface area contributed by atoms with Crippen molar-refractivity contribution in [3.63, 3.8) is 0 Å². The summed E-state index contributed by atoms with van der Waals surface area (Å²) in [6.07, 6.45) is 9.11. The van der Waals surface area contributed by atoms with Gasteiger partial charge in [-0.3, -0.25) is 4.79 Å². The minimum absolute atomic E-state index is 0.209. The molecule has 0 saturated carbocycles. The molecule has 3 aliphatic rings. The van der Waals surface area contributed by atoms with Crippen LogP contribution in [0.4, 0.5) is 0 Å². The van der Waals surface area contributed by atoms with Crippen LogP contribution in [0.15, 0.2) is 24.3 Å². The zero-order valence-corrected chi connectivity index (χ0v) is 17.5. The molecule has 154 valence electrons. The summed E-state index contributed by atoms with van der Waals surface area (Å²) in [5.74, 6) is 1.03. The van der Waals surface area contributed by atoms with Crippen LogP contribution < -0.4 is 0 Å². The second-order valence-corrected chi connectivity index (χ2v) is 9.28. The second kappa shape index (κ2) is 8.96. The number of rotatable bonds is 4. The monoisotopic (exact) mass is 384 g/mol. The van der Waals surface area contributed by atoms with Crippen LogP contribution in [0.1, 0.15) is 56.1 Å². The van der Waals surface area contributed by atoms with Gasteiger partial charge in [-0.1, -0.05) is 29.8 Å². The van der Waals surface area contributed by atoms with Crippen LogP contribution in [-0.4, -0.2) is 60.6 Å². The Kier molecular flexibility index (Phi) is 6.37. The topological polar surface area (TPSA) is 32.8 Å². The van der Waals surface area contributed by atoms with E-state index in [-0.39, 0.29) is 5.60 Å². The highest BCUT2D eigenvalue weighted by Gasteiger charge is 2.37. The highest BCUT2D eigenvalue weighted by molar-refractivity contribution is 5.78. The van der Waals surface area contributed by atoms with E-state index < -0.39 is 0 Å². The third kappa shape index (κ3) is 4.96. The maximum atomic E-state index is 12.6. The first-order valence-corrected chi connectivity index (χ1v) is 11.3. The van der Waals surface area contributed by atoms with Crippen molar-refractivity contribution in [1.29, 1.82) is 0 Å². The number of hydrogen-bond donors (Lipinski definition) is 0. The van der Waals surface area contributed by atoms with Gasteiger partial charge in [-0.05, 0) is 63.4 Å². The summed E-state index contributed by atoms with van der Waals surface area (Å²) in [6, 6.07) is 8.33. The molecule has 1 spiro atoms. The molecule has 1 aromatic carbocycles. The van der Waals surface area contributed by atoms with E-state index in [1.165, 1.54) is 57.3 Å². The van der Waals surface area contributed by atoms with Gasteiger partial charge in [0.2, 0.25) is 5.91 Å². The second-order valence-electron chi connectivity index (χ2n) is 9.28. The Morgan fingerprint density at radius 3 is 2.57 bits per heavy atom. The van der Waals surface area contributed by atoms with Crippen LogP contribution >= 0.6 is 0 Å². The first-order valence-electron chi connectivity index (χ1n) is 11.3. The van der Waals surface area contributed by atoms with E-state index in [0.29, 0.717) is 12.3 Å².